The van der Waals surface area contributed by atoms with Crippen LogP contribution >= 0.6 is 0 Å². The number of carbonyl (C=O) groups is 2. The third-order valence-electron chi connectivity index (χ3n) is 2.37. The molecule has 0 heterocycles. The Morgan fingerprint density at radius 3 is 1.10 bits per heavy atom. The van der Waals surface area contributed by atoms with Crippen molar-refractivity contribution in [1.29, 1.82) is 0 Å². The summed E-state index contributed by atoms with van der Waals surface area (Å²) in [5, 5.41) is 0. The van der Waals surface area contributed by atoms with Crippen molar-refractivity contribution in [3.63, 3.8) is 0 Å². The summed E-state index contributed by atoms with van der Waals surface area (Å²) in [6, 6.07) is 0. The molecule has 2 amide bonds. The Morgan fingerprint density at radius 1 is 0.650 bits per heavy atom. The molecule has 0 saturated heterocycles. The topological polar surface area (TPSA) is 40.6 Å². The molecular weight excluding hydrogens is 252 g/mol. The van der Waals surface area contributed by atoms with Crippen LogP contribution in [0.4, 0.5) is 0 Å². The molecule has 0 fully saturated rings. The molecule has 0 aromatic rings. The van der Waals surface area contributed by atoms with Gasteiger partial charge in [0.25, 0.3) is 0 Å². The molecule has 0 N–H and O–H groups in total. The number of allylic oxidation sites excluding steroid dienone is 4. The first-order chi connectivity index (χ1) is 9.60. The smallest absolute Gasteiger partial charge is 0.231 e. The second-order valence-corrected chi connectivity index (χ2v) is 4.03. The van der Waals surface area contributed by atoms with E-state index in [1.807, 2.05) is 27.7 Å². The SMILES string of the molecule is CC=CN(C=CC)C(=O)CCC(=O)N(C=CC)C=CC. The van der Waals surface area contributed by atoms with Gasteiger partial charge in [-0.2, -0.15) is 0 Å². The van der Waals surface area contributed by atoms with E-state index in [1.165, 1.54) is 9.80 Å². The molecule has 0 radical (unpaired) electrons. The van der Waals surface area contributed by atoms with Crippen molar-refractivity contribution in [2.24, 2.45) is 0 Å². The second-order valence-electron chi connectivity index (χ2n) is 4.03. The minimum absolute atomic E-state index is 0.101. The van der Waals surface area contributed by atoms with Gasteiger partial charge in [-0.3, -0.25) is 19.4 Å². The summed E-state index contributed by atoms with van der Waals surface area (Å²) in [7, 11) is 0. The van der Waals surface area contributed by atoms with Gasteiger partial charge in [-0.25, -0.2) is 0 Å². The fourth-order valence-electron chi connectivity index (χ4n) is 1.55. The zero-order valence-corrected chi connectivity index (χ0v) is 12.7. The van der Waals surface area contributed by atoms with E-state index in [2.05, 4.69) is 0 Å². The number of hydrogen-bond donors (Lipinski definition) is 0. The maximum Gasteiger partial charge on any atom is 0.231 e. The van der Waals surface area contributed by atoms with Crippen LogP contribution in [0.5, 0.6) is 0 Å². The quantitative estimate of drug-likeness (QED) is 0.713. The molecule has 110 valence electrons. The number of rotatable bonds is 7. The summed E-state index contributed by atoms with van der Waals surface area (Å²) in [6.07, 6.45) is 14.2. The Kier molecular flexibility index (Phi) is 9.66. The van der Waals surface area contributed by atoms with Gasteiger partial charge in [0.1, 0.15) is 0 Å². The molecule has 0 saturated carbocycles. The van der Waals surface area contributed by atoms with Crippen LogP contribution in [0, 0.1) is 0 Å². The first kappa shape index (κ1) is 17.9. The van der Waals surface area contributed by atoms with Gasteiger partial charge >= 0.3 is 0 Å². The lowest BCUT2D eigenvalue weighted by Crippen LogP contribution is -2.24. The normalized spacial score (nSPS) is 12.0. The van der Waals surface area contributed by atoms with Crippen LogP contribution in [0.3, 0.4) is 0 Å². The van der Waals surface area contributed by atoms with E-state index in [4.69, 9.17) is 0 Å². The summed E-state index contributed by atoms with van der Waals surface area (Å²) in [6.45, 7) is 7.37. The Hall–Kier alpha value is -2.10. The number of amides is 2. The monoisotopic (exact) mass is 276 g/mol. The zero-order chi connectivity index (χ0) is 15.4. The molecule has 0 aliphatic heterocycles. The summed E-state index contributed by atoms with van der Waals surface area (Å²) < 4.78 is 0. The summed E-state index contributed by atoms with van der Waals surface area (Å²) in [4.78, 5) is 26.9. The number of nitrogens with zero attached hydrogens (tertiary/aromatic N) is 2. The molecule has 0 aromatic heterocycles. The lowest BCUT2D eigenvalue weighted by atomic mass is 10.2. The van der Waals surface area contributed by atoms with Gasteiger partial charge < -0.3 is 0 Å². The molecular formula is C16H24N2O2. The Bertz CT molecular complexity index is 356. The standard InChI is InChI=1S/C16H24N2O2/c1-5-11-17(12-6-2)15(19)9-10-16(20)18(13-7-3)14-8-4/h5-8,11-14H,9-10H2,1-4H3. The van der Waals surface area contributed by atoms with E-state index >= 15 is 0 Å². The van der Waals surface area contributed by atoms with Crippen LogP contribution in [0.2, 0.25) is 0 Å². The summed E-state index contributed by atoms with van der Waals surface area (Å²) >= 11 is 0. The van der Waals surface area contributed by atoms with Crippen LogP contribution < -0.4 is 0 Å². The van der Waals surface area contributed by atoms with Gasteiger partial charge in [0, 0.05) is 37.6 Å². The fraction of sp³-hybridized carbons (Fsp3) is 0.375. The van der Waals surface area contributed by atoms with Crippen molar-refractivity contribution < 1.29 is 9.59 Å². The Balaban J connectivity index is 4.58. The molecule has 0 spiro atoms. The predicted molar refractivity (Wildman–Crippen MR) is 82.2 cm³/mol. The molecule has 0 aromatic carbocycles. The predicted octanol–water partition coefficient (Wildman–Crippen LogP) is 3.56. The molecule has 0 aliphatic rings. The van der Waals surface area contributed by atoms with Crippen molar-refractivity contribution in [2.45, 2.75) is 40.5 Å². The van der Waals surface area contributed by atoms with Gasteiger partial charge in [0.05, 0.1) is 0 Å². The van der Waals surface area contributed by atoms with Crippen LogP contribution in [0.1, 0.15) is 40.5 Å². The van der Waals surface area contributed by atoms with Gasteiger partial charge in [0.15, 0.2) is 0 Å². The molecule has 4 heteroatoms. The van der Waals surface area contributed by atoms with Gasteiger partial charge in [0.2, 0.25) is 11.8 Å². The Morgan fingerprint density at radius 2 is 0.900 bits per heavy atom. The number of carbonyl (C=O) groups excluding carboxylic acids is 2. The summed E-state index contributed by atoms with van der Waals surface area (Å²) in [5.41, 5.74) is 0. The fourth-order valence-corrected chi connectivity index (χ4v) is 1.55. The van der Waals surface area contributed by atoms with E-state index in [1.54, 1.807) is 49.1 Å². The highest BCUT2D eigenvalue weighted by molar-refractivity contribution is 5.85. The van der Waals surface area contributed by atoms with Crippen molar-refractivity contribution >= 4 is 11.8 Å². The molecule has 20 heavy (non-hydrogen) atoms. The van der Waals surface area contributed by atoms with Crippen molar-refractivity contribution in [3.8, 4) is 0 Å². The lowest BCUT2D eigenvalue weighted by molar-refractivity contribution is -0.132. The minimum atomic E-state index is -0.101. The third kappa shape index (κ3) is 6.73. The highest BCUT2D eigenvalue weighted by Crippen LogP contribution is 2.05. The van der Waals surface area contributed by atoms with Crippen molar-refractivity contribution in [1.82, 2.24) is 9.80 Å². The molecule has 0 unspecified atom stereocenters. The van der Waals surface area contributed by atoms with Gasteiger partial charge in [-0.05, 0) is 27.7 Å². The first-order valence-corrected chi connectivity index (χ1v) is 6.74. The molecule has 0 bridgehead atoms. The van der Waals surface area contributed by atoms with Crippen LogP contribution in [-0.2, 0) is 9.59 Å². The third-order valence-corrected chi connectivity index (χ3v) is 2.37. The highest BCUT2D eigenvalue weighted by Gasteiger charge is 2.13. The second kappa shape index (κ2) is 10.8. The average molecular weight is 276 g/mol. The lowest BCUT2D eigenvalue weighted by Gasteiger charge is -2.15. The minimum Gasteiger partial charge on any atom is -0.295 e. The molecule has 0 aliphatic carbocycles. The van der Waals surface area contributed by atoms with E-state index in [0.717, 1.165) is 0 Å². The number of hydrogen-bond acceptors (Lipinski definition) is 2. The molecule has 0 rings (SSSR count). The molecule has 0 atom stereocenters. The van der Waals surface area contributed by atoms with E-state index < -0.39 is 0 Å². The average Bonchev–Trinajstić information content (AvgIpc) is 2.44. The first-order valence-electron chi connectivity index (χ1n) is 6.74. The highest BCUT2D eigenvalue weighted by atomic mass is 16.2. The van der Waals surface area contributed by atoms with Gasteiger partial charge in [-0.15, -0.1) is 0 Å². The molecule has 4 nitrogen and oxygen atoms in total. The van der Waals surface area contributed by atoms with Gasteiger partial charge in [-0.1, -0.05) is 24.3 Å². The maximum absolute atomic E-state index is 12.0. The van der Waals surface area contributed by atoms with E-state index in [9.17, 15) is 9.59 Å². The van der Waals surface area contributed by atoms with Crippen molar-refractivity contribution in [3.05, 3.63) is 49.1 Å². The van der Waals surface area contributed by atoms with E-state index in [-0.39, 0.29) is 24.7 Å². The van der Waals surface area contributed by atoms with Crippen molar-refractivity contribution in [2.75, 3.05) is 0 Å². The maximum atomic E-state index is 12.0. The summed E-state index contributed by atoms with van der Waals surface area (Å²) in [5.74, 6) is -0.203. The van der Waals surface area contributed by atoms with Crippen LogP contribution in [0.15, 0.2) is 49.1 Å². The largest absolute Gasteiger partial charge is 0.295 e. The zero-order valence-electron chi connectivity index (χ0n) is 12.7. The Labute approximate surface area is 121 Å². The van der Waals surface area contributed by atoms with Crippen LogP contribution in [0.25, 0.3) is 0 Å². The van der Waals surface area contributed by atoms with Crippen LogP contribution in [-0.4, -0.2) is 21.6 Å². The van der Waals surface area contributed by atoms with E-state index in [0.29, 0.717) is 0 Å².